The van der Waals surface area contributed by atoms with Crippen LogP contribution < -0.4 is 38.3 Å². The smallest absolute Gasteiger partial charge is 0.272 e. The molecule has 1 aromatic carbocycles. The van der Waals surface area contributed by atoms with E-state index < -0.39 is 18.4 Å². The molecule has 0 saturated carbocycles. The number of para-hydroxylation sites is 1. The van der Waals surface area contributed by atoms with Crippen molar-refractivity contribution in [2.24, 2.45) is 37.4 Å². The molecule has 4 aliphatic heterocycles. The molecule has 2 saturated heterocycles. The molecule has 15 nitrogen and oxygen atoms in total. The molecule has 17 heteroatoms. The molecule has 4 heterocycles. The minimum Gasteiger partial charge on any atom is -0.372 e. The summed E-state index contributed by atoms with van der Waals surface area (Å²) in [6.07, 6.45) is 2.31. The second kappa shape index (κ2) is 12.4. The summed E-state index contributed by atoms with van der Waals surface area (Å²) in [4.78, 5) is 33.2. The van der Waals surface area contributed by atoms with Crippen LogP contribution in [0.2, 0.25) is 0 Å². The third-order valence-corrected chi connectivity index (χ3v) is 8.80. The second-order valence-electron chi connectivity index (χ2n) is 9.86. The normalized spacial score (nSPS) is 25.7. The molecule has 0 aliphatic carbocycles. The van der Waals surface area contributed by atoms with Crippen LogP contribution in [0.25, 0.3) is 0 Å². The lowest BCUT2D eigenvalue weighted by Gasteiger charge is -2.39. The largest absolute Gasteiger partial charge is 0.372 e. The van der Waals surface area contributed by atoms with E-state index in [4.69, 9.17) is 23.3 Å². The lowest BCUT2D eigenvalue weighted by Crippen LogP contribution is -2.58. The first-order valence-electron chi connectivity index (χ1n) is 13.0. The number of hydrogen-bond donors (Lipinski definition) is 7. The Kier molecular flexibility index (Phi) is 8.68. The van der Waals surface area contributed by atoms with Crippen LogP contribution in [-0.2, 0) is 9.59 Å². The number of likely N-dealkylation sites (tertiary alicyclic amines) is 1. The number of hydrogen-bond acceptors (Lipinski definition) is 12. The van der Waals surface area contributed by atoms with Gasteiger partial charge in [-0.25, -0.2) is 4.99 Å². The summed E-state index contributed by atoms with van der Waals surface area (Å²) in [6.45, 7) is 1.96. The number of piperidine rings is 1. The van der Waals surface area contributed by atoms with Gasteiger partial charge in [-0.3, -0.25) is 20.2 Å². The van der Waals surface area contributed by atoms with E-state index in [0.29, 0.717) is 31.4 Å². The van der Waals surface area contributed by atoms with Gasteiger partial charge in [0.05, 0.1) is 5.37 Å². The quantitative estimate of drug-likeness (QED) is 0.0997. The highest BCUT2D eigenvalue weighted by Crippen LogP contribution is 2.39. The SMILES string of the molecule is NN=NC1=C(Cl)N=C(C(=O)NC2NCC3(CCN(C(=O)CCCC4Nc5ccccc5S4)CC3)N2)C(N=NN)N1. The summed E-state index contributed by atoms with van der Waals surface area (Å²) < 4.78 is 0. The zero-order valence-electron chi connectivity index (χ0n) is 21.6. The lowest BCUT2D eigenvalue weighted by atomic mass is 9.88. The average molecular weight is 590 g/mol. The number of carbonyl (C=O) groups is 2. The third-order valence-electron chi connectivity index (χ3n) is 7.29. The molecule has 0 bridgehead atoms. The average Bonchev–Trinajstić information content (AvgIpc) is 3.54. The van der Waals surface area contributed by atoms with Crippen molar-refractivity contribution in [3.05, 3.63) is 35.2 Å². The predicted molar refractivity (Wildman–Crippen MR) is 150 cm³/mol. The van der Waals surface area contributed by atoms with Crippen LogP contribution >= 0.6 is 23.4 Å². The van der Waals surface area contributed by atoms with Gasteiger partial charge in [-0.1, -0.05) is 45.9 Å². The minimum absolute atomic E-state index is 0.0372. The number of thioether (sulfide) groups is 1. The van der Waals surface area contributed by atoms with Crippen LogP contribution in [0.5, 0.6) is 0 Å². The molecule has 0 radical (unpaired) electrons. The maximum Gasteiger partial charge on any atom is 0.272 e. The van der Waals surface area contributed by atoms with Crippen LogP contribution in [0.3, 0.4) is 0 Å². The number of fused-ring (bicyclic) bond motifs is 1. The van der Waals surface area contributed by atoms with Gasteiger partial charge in [0.2, 0.25) is 5.91 Å². The molecule has 1 aromatic rings. The first-order chi connectivity index (χ1) is 19.4. The van der Waals surface area contributed by atoms with Crippen LogP contribution in [-0.4, -0.2) is 65.4 Å². The summed E-state index contributed by atoms with van der Waals surface area (Å²) >= 11 is 7.92. The number of anilines is 1. The molecule has 5 rings (SSSR count). The fourth-order valence-electron chi connectivity index (χ4n) is 5.21. The van der Waals surface area contributed by atoms with Gasteiger partial charge in [0.15, 0.2) is 22.9 Å². The molecule has 214 valence electrons. The van der Waals surface area contributed by atoms with Gasteiger partial charge >= 0.3 is 0 Å². The molecule has 4 aliphatic rings. The van der Waals surface area contributed by atoms with Gasteiger partial charge in [-0.15, -0.1) is 10.2 Å². The molecular weight excluding hydrogens is 558 g/mol. The van der Waals surface area contributed by atoms with Crippen LogP contribution in [0.15, 0.2) is 65.8 Å². The predicted octanol–water partition coefficient (Wildman–Crippen LogP) is 1.04. The summed E-state index contributed by atoms with van der Waals surface area (Å²) in [5.41, 5.74) is 0.890. The van der Waals surface area contributed by atoms with Gasteiger partial charge in [0.25, 0.3) is 5.91 Å². The molecule has 0 aromatic heterocycles. The fraction of sp³-hybridized carbons (Fsp3) is 0.522. The number of nitrogens with zero attached hydrogens (tertiary/aromatic N) is 6. The summed E-state index contributed by atoms with van der Waals surface area (Å²) in [5, 5.41) is 29.9. The monoisotopic (exact) mass is 589 g/mol. The standard InChI is InChI=1S/C23H32ClN13O2S/c24-18-20(34-36-26)30-19(33-35-25)17(29-18)21(39)31-22-27-12-23(32-22)8-10-37(11-9-23)16(38)7-3-6-15-28-13-4-1-2-5-14(13)40-15/h1-2,4-5,15,19,22,27-28,30,32H,3,6-12H2,(H2,25,33)(H2,26,34)(H,31,39). The van der Waals surface area contributed by atoms with Crippen molar-refractivity contribution in [1.82, 2.24) is 26.2 Å². The Morgan fingerprint density at radius 1 is 1.20 bits per heavy atom. The summed E-state index contributed by atoms with van der Waals surface area (Å²) in [6, 6.07) is 8.28. The Morgan fingerprint density at radius 2 is 2.00 bits per heavy atom. The van der Waals surface area contributed by atoms with E-state index in [1.165, 1.54) is 10.6 Å². The van der Waals surface area contributed by atoms with E-state index in [1.807, 2.05) is 28.8 Å². The van der Waals surface area contributed by atoms with Crippen LogP contribution in [0.1, 0.15) is 32.1 Å². The van der Waals surface area contributed by atoms with E-state index in [0.717, 1.165) is 25.7 Å². The number of rotatable bonds is 8. The molecular formula is C23H32ClN13O2S. The number of amides is 2. The van der Waals surface area contributed by atoms with E-state index in [2.05, 4.69) is 64.4 Å². The lowest BCUT2D eigenvalue weighted by molar-refractivity contribution is -0.132. The Balaban J connectivity index is 1.07. The fourth-order valence-corrected chi connectivity index (χ4v) is 6.58. The topological polar surface area (TPSA) is 211 Å². The number of nitrogens with one attached hydrogen (secondary N) is 5. The van der Waals surface area contributed by atoms with Crippen molar-refractivity contribution in [3.63, 3.8) is 0 Å². The molecule has 3 atom stereocenters. The van der Waals surface area contributed by atoms with E-state index in [9.17, 15) is 9.59 Å². The number of aliphatic imine (C=N–C) groups is 1. The van der Waals surface area contributed by atoms with Gasteiger partial charge < -0.3 is 32.5 Å². The minimum atomic E-state index is -1.02. The first kappa shape index (κ1) is 28.1. The number of carbonyl (C=O) groups excluding carboxylic acids is 2. The Hall–Kier alpha value is -3.47. The zero-order chi connectivity index (χ0) is 28.1. The Labute approximate surface area is 240 Å². The van der Waals surface area contributed by atoms with Gasteiger partial charge in [-0.05, 0) is 37.8 Å². The molecule has 2 amide bonds. The van der Waals surface area contributed by atoms with Crippen molar-refractivity contribution in [1.29, 1.82) is 0 Å². The Bertz CT molecular complexity index is 1220. The number of benzene rings is 1. The third kappa shape index (κ3) is 6.29. The Morgan fingerprint density at radius 3 is 2.75 bits per heavy atom. The molecule has 1 spiro atoms. The van der Waals surface area contributed by atoms with E-state index in [-0.39, 0.29) is 28.1 Å². The molecule has 2 fully saturated rings. The molecule has 3 unspecified atom stereocenters. The molecule has 9 N–H and O–H groups in total. The van der Waals surface area contributed by atoms with Crippen molar-refractivity contribution >= 4 is 46.6 Å². The van der Waals surface area contributed by atoms with Crippen LogP contribution in [0, 0.1) is 0 Å². The van der Waals surface area contributed by atoms with E-state index >= 15 is 0 Å². The number of halogens is 1. The maximum atomic E-state index is 13.0. The van der Waals surface area contributed by atoms with Crippen molar-refractivity contribution < 1.29 is 9.59 Å². The van der Waals surface area contributed by atoms with Gasteiger partial charge in [0.1, 0.15) is 6.29 Å². The highest BCUT2D eigenvalue weighted by molar-refractivity contribution is 8.00. The highest BCUT2D eigenvalue weighted by Gasteiger charge is 2.42. The van der Waals surface area contributed by atoms with Gasteiger partial charge in [0, 0.05) is 42.2 Å². The molecule has 40 heavy (non-hydrogen) atoms. The van der Waals surface area contributed by atoms with Crippen molar-refractivity contribution in [3.8, 4) is 0 Å². The highest BCUT2D eigenvalue weighted by atomic mass is 35.5. The maximum absolute atomic E-state index is 13.0. The van der Waals surface area contributed by atoms with Crippen molar-refractivity contribution in [2.45, 2.75) is 60.4 Å². The van der Waals surface area contributed by atoms with Gasteiger partial charge in [-0.2, -0.15) is 0 Å². The zero-order valence-corrected chi connectivity index (χ0v) is 23.2. The summed E-state index contributed by atoms with van der Waals surface area (Å²) in [7, 11) is 0. The summed E-state index contributed by atoms with van der Waals surface area (Å²) in [5.74, 6) is 9.95. The van der Waals surface area contributed by atoms with Crippen molar-refractivity contribution in [2.75, 3.05) is 25.0 Å². The van der Waals surface area contributed by atoms with Crippen LogP contribution in [0.4, 0.5) is 5.69 Å². The number of nitrogens with two attached hydrogens (primary N) is 2. The second-order valence-corrected chi connectivity index (χ2v) is 11.5. The van der Waals surface area contributed by atoms with E-state index in [1.54, 1.807) is 0 Å². The first-order valence-corrected chi connectivity index (χ1v) is 14.2.